The van der Waals surface area contributed by atoms with Crippen LogP contribution in [0.3, 0.4) is 0 Å². The highest BCUT2D eigenvalue weighted by molar-refractivity contribution is 7.89. The zero-order valence-electron chi connectivity index (χ0n) is 18.3. The Morgan fingerprint density at radius 3 is 2.18 bits per heavy atom. The van der Waals surface area contributed by atoms with Crippen LogP contribution >= 0.6 is 0 Å². The van der Waals surface area contributed by atoms with E-state index in [0.29, 0.717) is 18.7 Å². The lowest BCUT2D eigenvalue weighted by Gasteiger charge is -2.35. The number of benzene rings is 2. The fourth-order valence-corrected chi connectivity index (χ4v) is 5.21. The average Bonchev–Trinajstić information content (AvgIpc) is 3.39. The second-order valence-electron chi connectivity index (χ2n) is 7.84. The first-order valence-electron chi connectivity index (χ1n) is 10.8. The molecule has 1 aliphatic heterocycles. The summed E-state index contributed by atoms with van der Waals surface area (Å²) in [5, 5.41) is 0. The third-order valence-electron chi connectivity index (χ3n) is 5.62. The molecule has 0 saturated carbocycles. The van der Waals surface area contributed by atoms with Crippen molar-refractivity contribution >= 4 is 21.8 Å². The van der Waals surface area contributed by atoms with Crippen LogP contribution in [0.1, 0.15) is 16.1 Å². The number of carbonyl (C=O) groups is 2. The Morgan fingerprint density at radius 1 is 0.882 bits per heavy atom. The zero-order valence-corrected chi connectivity index (χ0v) is 19.2. The van der Waals surface area contributed by atoms with Crippen LogP contribution in [0.15, 0.2) is 82.3 Å². The topological polar surface area (TPSA) is 91.1 Å². The molecule has 8 nitrogen and oxygen atoms in total. The van der Waals surface area contributed by atoms with E-state index in [1.54, 1.807) is 47.4 Å². The molecule has 0 spiro atoms. The number of halogens is 1. The number of hydrogen-bond donors (Lipinski definition) is 0. The molecular formula is C24H24FN3O5S. The first kappa shape index (κ1) is 23.7. The van der Waals surface area contributed by atoms with Crippen LogP contribution in [0, 0.1) is 5.82 Å². The van der Waals surface area contributed by atoms with Crippen molar-refractivity contribution < 1.29 is 26.8 Å². The highest BCUT2D eigenvalue weighted by Crippen LogP contribution is 2.21. The molecule has 0 N–H and O–H groups in total. The molecule has 3 aromatic rings. The molecule has 1 aliphatic rings. The van der Waals surface area contributed by atoms with Crippen molar-refractivity contribution in [1.82, 2.24) is 14.1 Å². The van der Waals surface area contributed by atoms with E-state index in [2.05, 4.69) is 0 Å². The minimum atomic E-state index is -4.28. The first-order valence-corrected chi connectivity index (χ1v) is 12.2. The Morgan fingerprint density at radius 2 is 1.53 bits per heavy atom. The van der Waals surface area contributed by atoms with Gasteiger partial charge in [-0.05, 0) is 29.8 Å². The Balaban J connectivity index is 1.48. The second-order valence-corrected chi connectivity index (χ2v) is 9.75. The third kappa shape index (κ3) is 5.18. The summed E-state index contributed by atoms with van der Waals surface area (Å²) in [5.74, 6) is -1.33. The van der Waals surface area contributed by atoms with E-state index < -0.39 is 33.2 Å². The summed E-state index contributed by atoms with van der Waals surface area (Å²) in [6.45, 7) is 0.570. The molecule has 178 valence electrons. The van der Waals surface area contributed by atoms with Gasteiger partial charge in [-0.2, -0.15) is 4.31 Å². The molecule has 0 unspecified atom stereocenters. The van der Waals surface area contributed by atoms with E-state index >= 15 is 0 Å². The predicted octanol–water partition coefficient (Wildman–Crippen LogP) is 2.59. The summed E-state index contributed by atoms with van der Waals surface area (Å²) in [7, 11) is -4.28. The van der Waals surface area contributed by atoms with Gasteiger partial charge in [-0.25, -0.2) is 12.8 Å². The molecule has 2 amide bonds. The Kier molecular flexibility index (Phi) is 7.09. The maximum absolute atomic E-state index is 14.4. The lowest BCUT2D eigenvalue weighted by atomic mass is 10.2. The molecule has 0 aliphatic carbocycles. The van der Waals surface area contributed by atoms with E-state index in [4.69, 9.17) is 4.42 Å². The summed E-state index contributed by atoms with van der Waals surface area (Å²) in [5.41, 5.74) is 0.670. The normalized spacial score (nSPS) is 14.4. The lowest BCUT2D eigenvalue weighted by Crippen LogP contribution is -2.53. The van der Waals surface area contributed by atoms with Gasteiger partial charge in [-0.3, -0.25) is 9.59 Å². The third-order valence-corrected chi connectivity index (χ3v) is 7.44. The number of carbonyl (C=O) groups excluding carboxylic acids is 2. The van der Waals surface area contributed by atoms with Crippen molar-refractivity contribution in [3.63, 3.8) is 0 Å². The molecule has 2 heterocycles. The quantitative estimate of drug-likeness (QED) is 0.513. The molecule has 4 rings (SSSR count). The van der Waals surface area contributed by atoms with E-state index in [1.165, 1.54) is 29.4 Å². The van der Waals surface area contributed by atoms with Crippen LogP contribution in [0.4, 0.5) is 4.39 Å². The molecule has 0 bridgehead atoms. The van der Waals surface area contributed by atoms with Crippen molar-refractivity contribution in [1.29, 1.82) is 0 Å². The van der Waals surface area contributed by atoms with E-state index in [9.17, 15) is 22.4 Å². The standard InChI is InChI=1S/C24H24FN3O5S/c25-20-9-4-5-11-22(20)34(31,32)28(17-19-7-2-1-3-8-19)18-23(29)26-12-14-27(15-13-26)24(30)21-10-6-16-33-21/h1-11,16H,12-15,17-18H2. The maximum Gasteiger partial charge on any atom is 0.289 e. The van der Waals surface area contributed by atoms with Crippen molar-refractivity contribution in [2.45, 2.75) is 11.4 Å². The molecule has 1 aromatic heterocycles. The van der Waals surface area contributed by atoms with Gasteiger partial charge in [0.1, 0.15) is 10.7 Å². The number of sulfonamides is 1. The van der Waals surface area contributed by atoms with Crippen LogP contribution in [-0.4, -0.2) is 67.1 Å². The maximum atomic E-state index is 14.4. The SMILES string of the molecule is O=C(CN(Cc1ccccc1)S(=O)(=O)c1ccccc1F)N1CCN(C(=O)c2ccco2)CC1. The summed E-state index contributed by atoms with van der Waals surface area (Å²) < 4.78 is 47.1. The van der Waals surface area contributed by atoms with Crippen LogP contribution in [-0.2, 0) is 21.4 Å². The fourth-order valence-electron chi connectivity index (χ4n) is 3.77. The number of nitrogens with zero attached hydrogens (tertiary/aromatic N) is 3. The van der Waals surface area contributed by atoms with Crippen LogP contribution < -0.4 is 0 Å². The van der Waals surface area contributed by atoms with E-state index in [0.717, 1.165) is 10.4 Å². The number of hydrogen-bond acceptors (Lipinski definition) is 5. The molecule has 0 atom stereocenters. The summed E-state index contributed by atoms with van der Waals surface area (Å²) in [6.07, 6.45) is 1.42. The summed E-state index contributed by atoms with van der Waals surface area (Å²) >= 11 is 0. The molecule has 2 aromatic carbocycles. The average molecular weight is 486 g/mol. The van der Waals surface area contributed by atoms with Gasteiger partial charge in [0.15, 0.2) is 5.76 Å². The molecule has 1 fully saturated rings. The smallest absolute Gasteiger partial charge is 0.289 e. The monoisotopic (exact) mass is 485 g/mol. The number of amides is 2. The van der Waals surface area contributed by atoms with Gasteiger partial charge in [0.2, 0.25) is 15.9 Å². The van der Waals surface area contributed by atoms with Gasteiger partial charge in [-0.15, -0.1) is 0 Å². The van der Waals surface area contributed by atoms with Crippen molar-refractivity contribution in [2.75, 3.05) is 32.7 Å². The molecule has 1 saturated heterocycles. The van der Waals surface area contributed by atoms with Crippen molar-refractivity contribution in [3.8, 4) is 0 Å². The van der Waals surface area contributed by atoms with Gasteiger partial charge in [0.05, 0.1) is 12.8 Å². The van der Waals surface area contributed by atoms with Gasteiger partial charge in [0, 0.05) is 32.7 Å². The molecule has 34 heavy (non-hydrogen) atoms. The Labute approximate surface area is 197 Å². The van der Waals surface area contributed by atoms with Gasteiger partial charge >= 0.3 is 0 Å². The Bertz CT molecular complexity index is 1240. The fraction of sp³-hybridized carbons (Fsp3) is 0.250. The first-order chi connectivity index (χ1) is 16.4. The summed E-state index contributed by atoms with van der Waals surface area (Å²) in [4.78, 5) is 28.1. The predicted molar refractivity (Wildman–Crippen MR) is 122 cm³/mol. The number of furan rings is 1. The minimum absolute atomic E-state index is 0.0831. The molecular weight excluding hydrogens is 461 g/mol. The van der Waals surface area contributed by atoms with Crippen molar-refractivity contribution in [2.24, 2.45) is 0 Å². The molecule has 0 radical (unpaired) electrons. The number of piperazine rings is 1. The highest BCUT2D eigenvalue weighted by Gasteiger charge is 2.32. The van der Waals surface area contributed by atoms with Crippen LogP contribution in [0.2, 0.25) is 0 Å². The number of rotatable bonds is 7. The van der Waals surface area contributed by atoms with Crippen LogP contribution in [0.25, 0.3) is 0 Å². The largest absolute Gasteiger partial charge is 0.459 e. The van der Waals surface area contributed by atoms with Gasteiger partial charge < -0.3 is 14.2 Å². The molecule has 10 heteroatoms. The van der Waals surface area contributed by atoms with E-state index in [1.807, 2.05) is 0 Å². The summed E-state index contributed by atoms with van der Waals surface area (Å²) in [6, 6.07) is 17.1. The van der Waals surface area contributed by atoms with Gasteiger partial charge in [0.25, 0.3) is 5.91 Å². The second kappa shape index (κ2) is 10.2. The van der Waals surface area contributed by atoms with E-state index in [-0.39, 0.29) is 31.3 Å². The lowest BCUT2D eigenvalue weighted by molar-refractivity contribution is -0.133. The van der Waals surface area contributed by atoms with Crippen LogP contribution in [0.5, 0.6) is 0 Å². The van der Waals surface area contributed by atoms with Gasteiger partial charge in [-0.1, -0.05) is 42.5 Å². The minimum Gasteiger partial charge on any atom is -0.459 e. The highest BCUT2D eigenvalue weighted by atomic mass is 32.2. The Hall–Kier alpha value is -3.50. The van der Waals surface area contributed by atoms with Crippen molar-refractivity contribution in [3.05, 3.63) is 90.1 Å². The zero-order chi connectivity index (χ0) is 24.1.